The van der Waals surface area contributed by atoms with Gasteiger partial charge in [0.25, 0.3) is 5.56 Å². The highest BCUT2D eigenvalue weighted by Crippen LogP contribution is 2.33. The number of allylic oxidation sites excluding steroid dienone is 4. The normalized spacial score (nSPS) is 15.7. The molecule has 7 heteroatoms. The number of piperidine rings is 1. The van der Waals surface area contributed by atoms with E-state index in [1.54, 1.807) is 36.6 Å². The molecule has 1 fully saturated rings. The van der Waals surface area contributed by atoms with E-state index in [2.05, 4.69) is 5.32 Å². The summed E-state index contributed by atoms with van der Waals surface area (Å²) < 4.78 is 7.82. The van der Waals surface area contributed by atoms with Gasteiger partial charge in [-0.25, -0.2) is 0 Å². The minimum Gasteiger partial charge on any atom is -0.512 e. The standard InChI is InChI=1S/C25H32N4O3/c1-4-5-20(27)14-29-22-13-23(32-15-18-8-10-28-11-9-18)21(25(16(2)26)17(3)30)12-19(22)6-7-24(29)31/h4-7,12-13,18,26-28,30H,8-11,14-15H2,1-3H3/b5-4-,25-17+,26-16?,27-20?. The van der Waals surface area contributed by atoms with Crippen LogP contribution in [0.25, 0.3) is 16.5 Å². The number of rotatable bonds is 8. The number of ether oxygens (including phenoxy) is 1. The Balaban J connectivity index is 2.14. The molecule has 1 saturated heterocycles. The summed E-state index contributed by atoms with van der Waals surface area (Å²) >= 11 is 0. The predicted octanol–water partition coefficient (Wildman–Crippen LogP) is 4.30. The molecule has 1 aliphatic rings. The number of fused-ring (bicyclic) bond motifs is 1. The minimum absolute atomic E-state index is 0.0479. The van der Waals surface area contributed by atoms with Gasteiger partial charge in [0.05, 0.1) is 30.1 Å². The van der Waals surface area contributed by atoms with Crippen LogP contribution in [-0.2, 0) is 6.54 Å². The lowest BCUT2D eigenvalue weighted by atomic mass is 9.97. The molecule has 0 unspecified atom stereocenters. The first-order chi connectivity index (χ1) is 15.3. The van der Waals surface area contributed by atoms with Crippen LogP contribution in [0, 0.1) is 16.7 Å². The number of pyridine rings is 1. The van der Waals surface area contributed by atoms with Crippen LogP contribution in [0.15, 0.2) is 47.0 Å². The van der Waals surface area contributed by atoms with Crippen molar-refractivity contribution in [2.24, 2.45) is 5.92 Å². The molecule has 0 aliphatic carbocycles. The Labute approximate surface area is 188 Å². The molecule has 2 heterocycles. The summed E-state index contributed by atoms with van der Waals surface area (Å²) in [6, 6.07) is 6.88. The van der Waals surface area contributed by atoms with E-state index in [-0.39, 0.29) is 23.6 Å². The zero-order chi connectivity index (χ0) is 23.3. The zero-order valence-corrected chi connectivity index (χ0v) is 19.0. The van der Waals surface area contributed by atoms with Crippen molar-refractivity contribution < 1.29 is 9.84 Å². The Bertz CT molecular complexity index is 1130. The van der Waals surface area contributed by atoms with E-state index < -0.39 is 0 Å². The first-order valence-corrected chi connectivity index (χ1v) is 11.0. The molecule has 0 radical (unpaired) electrons. The second kappa shape index (κ2) is 10.4. The van der Waals surface area contributed by atoms with E-state index in [1.165, 1.54) is 6.07 Å². The Morgan fingerprint density at radius 3 is 2.59 bits per heavy atom. The molecule has 0 amide bonds. The van der Waals surface area contributed by atoms with E-state index >= 15 is 0 Å². The van der Waals surface area contributed by atoms with E-state index in [4.69, 9.17) is 15.6 Å². The Hall–Kier alpha value is -3.19. The third-order valence-corrected chi connectivity index (χ3v) is 5.73. The van der Waals surface area contributed by atoms with Gasteiger partial charge in [0.2, 0.25) is 0 Å². The quantitative estimate of drug-likeness (QED) is 0.365. The van der Waals surface area contributed by atoms with Crippen LogP contribution < -0.4 is 15.6 Å². The van der Waals surface area contributed by atoms with Gasteiger partial charge in [-0.3, -0.25) is 4.79 Å². The maximum Gasteiger partial charge on any atom is 0.251 e. The summed E-state index contributed by atoms with van der Waals surface area (Å²) in [6.45, 7) is 7.64. The van der Waals surface area contributed by atoms with Crippen molar-refractivity contribution >= 4 is 27.9 Å². The number of aliphatic hydroxyl groups is 1. The van der Waals surface area contributed by atoms with Gasteiger partial charge in [0.1, 0.15) is 5.75 Å². The SMILES string of the molecule is C/C=C\C(=N)Cn1c(=O)ccc2cc(/C(C(C)=N)=C(\C)O)c(OCC3CCNCC3)cc21. The zero-order valence-electron chi connectivity index (χ0n) is 19.0. The Morgan fingerprint density at radius 1 is 1.25 bits per heavy atom. The van der Waals surface area contributed by atoms with Crippen molar-refractivity contribution in [3.63, 3.8) is 0 Å². The molecular weight excluding hydrogens is 404 g/mol. The lowest BCUT2D eigenvalue weighted by Crippen LogP contribution is -2.30. The first kappa shape index (κ1) is 23.5. The molecule has 2 aromatic rings. The summed E-state index contributed by atoms with van der Waals surface area (Å²) in [5, 5.41) is 30.8. The van der Waals surface area contributed by atoms with E-state index in [0.29, 0.717) is 40.6 Å². The molecule has 1 aliphatic heterocycles. The van der Waals surface area contributed by atoms with Crippen LogP contribution in [0.4, 0.5) is 0 Å². The van der Waals surface area contributed by atoms with Gasteiger partial charge in [0.15, 0.2) is 0 Å². The summed E-state index contributed by atoms with van der Waals surface area (Å²) in [7, 11) is 0. The average Bonchev–Trinajstić information content (AvgIpc) is 2.75. The Kier molecular flexibility index (Phi) is 7.64. The highest BCUT2D eigenvalue weighted by Gasteiger charge is 2.20. The monoisotopic (exact) mass is 436 g/mol. The molecule has 32 heavy (non-hydrogen) atoms. The van der Waals surface area contributed by atoms with Gasteiger partial charge in [-0.15, -0.1) is 0 Å². The number of aliphatic hydroxyl groups excluding tert-OH is 1. The van der Waals surface area contributed by atoms with Crippen molar-refractivity contribution in [3.8, 4) is 5.75 Å². The van der Waals surface area contributed by atoms with Gasteiger partial charge < -0.3 is 30.5 Å². The van der Waals surface area contributed by atoms with Gasteiger partial charge in [-0.2, -0.15) is 0 Å². The lowest BCUT2D eigenvalue weighted by Gasteiger charge is -2.24. The van der Waals surface area contributed by atoms with Gasteiger partial charge in [-0.1, -0.05) is 6.08 Å². The summed E-state index contributed by atoms with van der Waals surface area (Å²) in [6.07, 6.45) is 5.50. The molecule has 3 rings (SSSR count). The van der Waals surface area contributed by atoms with Crippen LogP contribution in [0.1, 0.15) is 39.2 Å². The maximum absolute atomic E-state index is 12.6. The molecular formula is C25H32N4O3. The lowest BCUT2D eigenvalue weighted by molar-refractivity contribution is 0.215. The van der Waals surface area contributed by atoms with Crippen LogP contribution in [-0.4, -0.2) is 40.8 Å². The molecule has 170 valence electrons. The van der Waals surface area contributed by atoms with Crippen molar-refractivity contribution in [2.75, 3.05) is 19.7 Å². The van der Waals surface area contributed by atoms with Crippen molar-refractivity contribution in [3.05, 3.63) is 58.1 Å². The number of benzene rings is 1. The average molecular weight is 437 g/mol. The van der Waals surface area contributed by atoms with Gasteiger partial charge in [0, 0.05) is 29.0 Å². The summed E-state index contributed by atoms with van der Waals surface area (Å²) in [4.78, 5) is 12.6. The highest BCUT2D eigenvalue weighted by molar-refractivity contribution is 6.22. The fraction of sp³-hybridized carbons (Fsp3) is 0.400. The van der Waals surface area contributed by atoms with Gasteiger partial charge >= 0.3 is 0 Å². The fourth-order valence-electron chi connectivity index (χ4n) is 4.15. The van der Waals surface area contributed by atoms with Crippen LogP contribution in [0.5, 0.6) is 5.75 Å². The smallest absolute Gasteiger partial charge is 0.251 e. The molecule has 0 bridgehead atoms. The second-order valence-corrected chi connectivity index (χ2v) is 8.28. The molecule has 1 aromatic heterocycles. The highest BCUT2D eigenvalue weighted by atomic mass is 16.5. The maximum atomic E-state index is 12.6. The van der Waals surface area contributed by atoms with Crippen molar-refractivity contribution in [1.82, 2.24) is 9.88 Å². The van der Waals surface area contributed by atoms with Gasteiger partial charge in [-0.05, 0) is 76.2 Å². The van der Waals surface area contributed by atoms with E-state index in [9.17, 15) is 9.90 Å². The molecule has 0 atom stereocenters. The fourth-order valence-corrected chi connectivity index (χ4v) is 4.15. The number of hydrogen-bond donors (Lipinski definition) is 4. The molecule has 0 saturated carbocycles. The third-order valence-electron chi connectivity index (χ3n) is 5.73. The molecule has 1 aromatic carbocycles. The largest absolute Gasteiger partial charge is 0.512 e. The van der Waals surface area contributed by atoms with Crippen molar-refractivity contribution in [2.45, 2.75) is 40.2 Å². The first-order valence-electron chi connectivity index (χ1n) is 11.0. The summed E-state index contributed by atoms with van der Waals surface area (Å²) in [5.74, 6) is 0.999. The molecule has 7 nitrogen and oxygen atoms in total. The Morgan fingerprint density at radius 2 is 1.97 bits per heavy atom. The van der Waals surface area contributed by atoms with Crippen LogP contribution in [0.3, 0.4) is 0 Å². The third kappa shape index (κ3) is 5.34. The van der Waals surface area contributed by atoms with E-state index in [0.717, 1.165) is 31.3 Å². The van der Waals surface area contributed by atoms with E-state index in [1.807, 2.05) is 19.1 Å². The number of nitrogens with zero attached hydrogens (tertiary/aromatic N) is 1. The summed E-state index contributed by atoms with van der Waals surface area (Å²) in [5.41, 5.74) is 2.08. The van der Waals surface area contributed by atoms with Crippen molar-refractivity contribution in [1.29, 1.82) is 10.8 Å². The molecule has 4 N–H and O–H groups in total. The van der Waals surface area contributed by atoms with Crippen LogP contribution >= 0.6 is 0 Å². The van der Waals surface area contributed by atoms with Crippen LogP contribution in [0.2, 0.25) is 0 Å². The number of nitrogens with one attached hydrogen (secondary N) is 3. The predicted molar refractivity (Wildman–Crippen MR) is 130 cm³/mol. The number of aromatic nitrogens is 1. The minimum atomic E-state index is -0.193. The number of hydrogen-bond acceptors (Lipinski definition) is 6. The topological polar surface area (TPSA) is 111 Å². The molecule has 0 spiro atoms. The second-order valence-electron chi connectivity index (χ2n) is 8.28.